The summed E-state index contributed by atoms with van der Waals surface area (Å²) in [6, 6.07) is 7.40. The van der Waals surface area contributed by atoms with E-state index in [0.717, 1.165) is 11.3 Å². The molecular formula is C14H11N4O-. The first-order valence-corrected chi connectivity index (χ1v) is 5.88. The van der Waals surface area contributed by atoms with Gasteiger partial charge in [0.25, 0.3) is 5.56 Å². The SMILES string of the molecule is O=c1[nH]c(-c2ccncc2)ccc1Cc1ncc[n-]1. The molecule has 0 aliphatic heterocycles. The molecule has 19 heavy (non-hydrogen) atoms. The first-order valence-electron chi connectivity index (χ1n) is 5.88. The second kappa shape index (κ2) is 4.89. The molecule has 5 nitrogen and oxygen atoms in total. The highest BCUT2D eigenvalue weighted by Gasteiger charge is 2.02. The van der Waals surface area contributed by atoms with Crippen LogP contribution >= 0.6 is 0 Å². The standard InChI is InChI=1S/C14H12N4O/c19-14-11(9-13-16-7-8-17-13)1-2-12(18-14)10-3-5-15-6-4-10/h1-8H,9H2,(H2,16,17,18,19)/p-1. The highest BCUT2D eigenvalue weighted by molar-refractivity contribution is 5.57. The van der Waals surface area contributed by atoms with Crippen molar-refractivity contribution >= 4 is 0 Å². The lowest BCUT2D eigenvalue weighted by molar-refractivity contribution is 0.987. The monoisotopic (exact) mass is 251 g/mol. The summed E-state index contributed by atoms with van der Waals surface area (Å²) in [4.78, 5) is 27.0. The van der Waals surface area contributed by atoms with E-state index in [1.165, 1.54) is 0 Å². The Bertz CT molecular complexity index is 717. The number of imidazole rings is 1. The lowest BCUT2D eigenvalue weighted by Crippen LogP contribution is -2.13. The minimum Gasteiger partial charge on any atom is -0.446 e. The van der Waals surface area contributed by atoms with Crippen molar-refractivity contribution in [2.24, 2.45) is 0 Å². The quantitative estimate of drug-likeness (QED) is 0.763. The number of aromatic amines is 1. The molecule has 3 aromatic heterocycles. The van der Waals surface area contributed by atoms with Gasteiger partial charge in [-0.15, -0.1) is 0 Å². The van der Waals surface area contributed by atoms with Crippen LogP contribution in [0.1, 0.15) is 11.4 Å². The molecule has 94 valence electrons. The molecule has 0 unspecified atom stereocenters. The van der Waals surface area contributed by atoms with Crippen molar-refractivity contribution in [2.45, 2.75) is 6.42 Å². The van der Waals surface area contributed by atoms with Crippen LogP contribution in [0.4, 0.5) is 0 Å². The summed E-state index contributed by atoms with van der Waals surface area (Å²) in [6.45, 7) is 0. The van der Waals surface area contributed by atoms with Crippen molar-refractivity contribution in [3.05, 3.63) is 70.8 Å². The molecule has 0 aromatic carbocycles. The van der Waals surface area contributed by atoms with E-state index in [4.69, 9.17) is 0 Å². The number of pyridine rings is 2. The molecule has 0 atom stereocenters. The molecule has 0 radical (unpaired) electrons. The van der Waals surface area contributed by atoms with Crippen molar-refractivity contribution < 1.29 is 0 Å². The van der Waals surface area contributed by atoms with Crippen LogP contribution in [-0.4, -0.2) is 15.0 Å². The molecule has 5 heteroatoms. The number of hydrogen-bond donors (Lipinski definition) is 1. The van der Waals surface area contributed by atoms with Gasteiger partial charge >= 0.3 is 0 Å². The summed E-state index contributed by atoms with van der Waals surface area (Å²) in [5, 5.41) is 0. The summed E-state index contributed by atoms with van der Waals surface area (Å²) in [5.41, 5.74) is 2.26. The molecule has 1 N–H and O–H groups in total. The van der Waals surface area contributed by atoms with Crippen LogP contribution in [0, 0.1) is 0 Å². The van der Waals surface area contributed by atoms with Crippen molar-refractivity contribution in [3.63, 3.8) is 0 Å². The van der Waals surface area contributed by atoms with Crippen LogP contribution < -0.4 is 10.5 Å². The predicted octanol–water partition coefficient (Wildman–Crippen LogP) is 1.38. The zero-order chi connectivity index (χ0) is 13.1. The Kier molecular flexibility index (Phi) is 2.94. The van der Waals surface area contributed by atoms with E-state index in [1.54, 1.807) is 24.8 Å². The van der Waals surface area contributed by atoms with Crippen molar-refractivity contribution in [2.75, 3.05) is 0 Å². The maximum absolute atomic E-state index is 12.0. The normalized spacial score (nSPS) is 10.5. The third kappa shape index (κ3) is 2.44. The first kappa shape index (κ1) is 11.4. The van der Waals surface area contributed by atoms with Crippen molar-refractivity contribution in [3.8, 4) is 11.3 Å². The van der Waals surface area contributed by atoms with Crippen LogP contribution in [0.5, 0.6) is 0 Å². The fourth-order valence-corrected chi connectivity index (χ4v) is 1.88. The minimum absolute atomic E-state index is 0.112. The predicted molar refractivity (Wildman–Crippen MR) is 70.7 cm³/mol. The van der Waals surface area contributed by atoms with Gasteiger partial charge < -0.3 is 15.0 Å². The average molecular weight is 251 g/mol. The molecule has 0 spiro atoms. The molecule has 0 aliphatic carbocycles. The molecule has 0 fully saturated rings. The Labute approximate surface area is 109 Å². The zero-order valence-electron chi connectivity index (χ0n) is 10.1. The fourth-order valence-electron chi connectivity index (χ4n) is 1.88. The Morgan fingerprint density at radius 2 is 1.95 bits per heavy atom. The molecule has 0 saturated carbocycles. The Balaban J connectivity index is 1.92. The van der Waals surface area contributed by atoms with Gasteiger partial charge in [-0.05, 0) is 24.6 Å². The van der Waals surface area contributed by atoms with Gasteiger partial charge in [0.05, 0.1) is 0 Å². The Morgan fingerprint density at radius 1 is 1.11 bits per heavy atom. The maximum atomic E-state index is 12.0. The zero-order valence-corrected chi connectivity index (χ0v) is 10.1. The molecular weight excluding hydrogens is 240 g/mol. The van der Waals surface area contributed by atoms with Gasteiger partial charge in [0.15, 0.2) is 0 Å². The van der Waals surface area contributed by atoms with Crippen molar-refractivity contribution in [1.82, 2.24) is 19.9 Å². The average Bonchev–Trinajstić information content (AvgIpc) is 2.95. The molecule has 0 bridgehead atoms. The van der Waals surface area contributed by atoms with Gasteiger partial charge in [0.1, 0.15) is 0 Å². The van der Waals surface area contributed by atoms with E-state index in [0.29, 0.717) is 17.8 Å². The van der Waals surface area contributed by atoms with Gasteiger partial charge in [-0.1, -0.05) is 24.3 Å². The van der Waals surface area contributed by atoms with Gasteiger partial charge in [-0.2, -0.15) is 0 Å². The lowest BCUT2D eigenvalue weighted by atomic mass is 10.1. The van der Waals surface area contributed by atoms with Crippen molar-refractivity contribution in [1.29, 1.82) is 0 Å². The number of H-pyrrole nitrogens is 1. The maximum Gasteiger partial charge on any atom is 0.251 e. The van der Waals surface area contributed by atoms with E-state index in [2.05, 4.69) is 19.9 Å². The highest BCUT2D eigenvalue weighted by Crippen LogP contribution is 2.14. The summed E-state index contributed by atoms with van der Waals surface area (Å²) in [6.07, 6.45) is 7.07. The van der Waals surface area contributed by atoms with Gasteiger partial charge in [-0.25, -0.2) is 0 Å². The minimum atomic E-state index is -0.112. The number of rotatable bonds is 3. The second-order valence-corrected chi connectivity index (χ2v) is 4.11. The molecule has 3 heterocycles. The summed E-state index contributed by atoms with van der Waals surface area (Å²) in [5.74, 6) is 0.655. The first-order chi connectivity index (χ1) is 9.33. The van der Waals surface area contributed by atoms with Gasteiger partial charge in [0, 0.05) is 29.2 Å². The smallest absolute Gasteiger partial charge is 0.251 e. The second-order valence-electron chi connectivity index (χ2n) is 4.11. The summed E-state index contributed by atoms with van der Waals surface area (Å²) >= 11 is 0. The lowest BCUT2D eigenvalue weighted by Gasteiger charge is -2.05. The van der Waals surface area contributed by atoms with Crippen LogP contribution in [-0.2, 0) is 6.42 Å². The molecule has 0 saturated heterocycles. The largest absolute Gasteiger partial charge is 0.446 e. The Morgan fingerprint density at radius 3 is 2.63 bits per heavy atom. The number of hydrogen-bond acceptors (Lipinski definition) is 3. The van der Waals surface area contributed by atoms with E-state index < -0.39 is 0 Å². The Hall–Kier alpha value is -2.69. The van der Waals surface area contributed by atoms with Gasteiger partial charge in [0.2, 0.25) is 0 Å². The topological polar surface area (TPSA) is 72.7 Å². The van der Waals surface area contributed by atoms with Crippen LogP contribution in [0.25, 0.3) is 11.3 Å². The highest BCUT2D eigenvalue weighted by atomic mass is 16.1. The van der Waals surface area contributed by atoms with Gasteiger partial charge in [-0.3, -0.25) is 9.78 Å². The van der Waals surface area contributed by atoms with Crippen LogP contribution in [0.15, 0.2) is 53.8 Å². The molecule has 0 amide bonds. The van der Waals surface area contributed by atoms with Crippen LogP contribution in [0.3, 0.4) is 0 Å². The van der Waals surface area contributed by atoms with Crippen LogP contribution in [0.2, 0.25) is 0 Å². The van der Waals surface area contributed by atoms with E-state index in [1.807, 2.05) is 24.3 Å². The summed E-state index contributed by atoms with van der Waals surface area (Å²) < 4.78 is 0. The number of nitrogens with zero attached hydrogens (tertiary/aromatic N) is 3. The van der Waals surface area contributed by atoms with E-state index in [-0.39, 0.29) is 5.56 Å². The number of nitrogens with one attached hydrogen (secondary N) is 1. The fraction of sp³-hybridized carbons (Fsp3) is 0.0714. The van der Waals surface area contributed by atoms with E-state index in [9.17, 15) is 4.79 Å². The van der Waals surface area contributed by atoms with E-state index >= 15 is 0 Å². The third-order valence-electron chi connectivity index (χ3n) is 2.84. The number of aromatic nitrogens is 4. The molecule has 0 aliphatic rings. The summed E-state index contributed by atoms with van der Waals surface area (Å²) in [7, 11) is 0. The molecule has 3 aromatic rings. The third-order valence-corrected chi connectivity index (χ3v) is 2.84. The molecule has 3 rings (SSSR count).